The molecule has 3 N–H and O–H groups in total. The van der Waals surface area contributed by atoms with Crippen LogP contribution in [0.5, 0.6) is 0 Å². The number of hydrogen-bond donors (Lipinski definition) is 3. The second-order valence-electron chi connectivity index (χ2n) is 4.67. The number of hydrogen-bond acceptors (Lipinski definition) is 5. The average Bonchev–Trinajstić information content (AvgIpc) is 2.89. The first-order valence-electron chi connectivity index (χ1n) is 6.05. The van der Waals surface area contributed by atoms with E-state index in [9.17, 15) is 14.7 Å². The largest absolute Gasteiger partial charge is 0.480 e. The molecule has 1 unspecified atom stereocenters. The summed E-state index contributed by atoms with van der Waals surface area (Å²) in [6, 6.07) is -0.422. The standard InChI is InChI=1S/C10H16N6O3/c1-10(8(17)18)4-2-3-5-16(10)9(19)11-6-7-12-14-15-13-7/h2-6H2,1H3,(H,11,19)(H,17,18)(H,12,13,14,15). The highest BCUT2D eigenvalue weighted by Crippen LogP contribution is 2.28. The van der Waals surface area contributed by atoms with Crippen molar-refractivity contribution in [3.05, 3.63) is 5.82 Å². The Morgan fingerprint density at radius 2 is 2.32 bits per heavy atom. The van der Waals surface area contributed by atoms with Crippen LogP contribution in [0.25, 0.3) is 0 Å². The summed E-state index contributed by atoms with van der Waals surface area (Å²) >= 11 is 0. The number of nitrogens with zero attached hydrogens (tertiary/aromatic N) is 4. The molecule has 2 rings (SSSR count). The van der Waals surface area contributed by atoms with Crippen LogP contribution in [0.2, 0.25) is 0 Å². The Balaban J connectivity index is 2.01. The molecule has 0 spiro atoms. The van der Waals surface area contributed by atoms with Gasteiger partial charge in [-0.15, -0.1) is 10.2 Å². The molecule has 1 saturated heterocycles. The van der Waals surface area contributed by atoms with Gasteiger partial charge in [0.05, 0.1) is 6.54 Å². The second kappa shape index (κ2) is 5.21. The molecule has 0 radical (unpaired) electrons. The first kappa shape index (κ1) is 13.2. The van der Waals surface area contributed by atoms with E-state index in [4.69, 9.17) is 0 Å². The van der Waals surface area contributed by atoms with Gasteiger partial charge in [0.1, 0.15) is 5.54 Å². The smallest absolute Gasteiger partial charge is 0.329 e. The lowest BCUT2D eigenvalue weighted by Crippen LogP contribution is -2.59. The molecule has 1 aromatic rings. The maximum atomic E-state index is 12.1. The minimum Gasteiger partial charge on any atom is -0.480 e. The van der Waals surface area contributed by atoms with Gasteiger partial charge in [-0.2, -0.15) is 5.21 Å². The predicted octanol–water partition coefficient (Wildman–Crippen LogP) is -0.262. The van der Waals surface area contributed by atoms with Crippen molar-refractivity contribution >= 4 is 12.0 Å². The first-order valence-corrected chi connectivity index (χ1v) is 6.05. The molecule has 0 aromatic carbocycles. The molecular weight excluding hydrogens is 252 g/mol. The molecule has 0 aliphatic carbocycles. The monoisotopic (exact) mass is 268 g/mol. The number of aliphatic carboxylic acids is 1. The second-order valence-corrected chi connectivity index (χ2v) is 4.67. The van der Waals surface area contributed by atoms with E-state index in [0.717, 1.165) is 12.8 Å². The van der Waals surface area contributed by atoms with Gasteiger partial charge in [-0.25, -0.2) is 9.59 Å². The van der Waals surface area contributed by atoms with Crippen LogP contribution in [0.15, 0.2) is 0 Å². The van der Waals surface area contributed by atoms with Crippen molar-refractivity contribution in [2.24, 2.45) is 0 Å². The number of amides is 2. The zero-order valence-corrected chi connectivity index (χ0v) is 10.6. The van der Waals surface area contributed by atoms with Crippen molar-refractivity contribution in [3.8, 4) is 0 Å². The Kier molecular flexibility index (Phi) is 3.63. The van der Waals surface area contributed by atoms with Crippen molar-refractivity contribution < 1.29 is 14.7 Å². The number of aromatic amines is 1. The third kappa shape index (κ3) is 2.64. The first-order chi connectivity index (χ1) is 9.04. The molecule has 1 aliphatic heterocycles. The summed E-state index contributed by atoms with van der Waals surface area (Å²) in [4.78, 5) is 24.8. The van der Waals surface area contributed by atoms with Crippen LogP contribution in [0.4, 0.5) is 4.79 Å². The van der Waals surface area contributed by atoms with Gasteiger partial charge >= 0.3 is 12.0 Å². The Labute approximate surface area is 109 Å². The number of rotatable bonds is 3. The highest BCUT2D eigenvalue weighted by atomic mass is 16.4. The lowest BCUT2D eigenvalue weighted by molar-refractivity contribution is -0.150. The summed E-state index contributed by atoms with van der Waals surface area (Å²) in [7, 11) is 0. The molecule has 19 heavy (non-hydrogen) atoms. The van der Waals surface area contributed by atoms with Gasteiger partial charge in [0.2, 0.25) is 0 Å². The Hall–Kier alpha value is -2.19. The molecule has 9 heteroatoms. The summed E-state index contributed by atoms with van der Waals surface area (Å²) in [5.74, 6) is -0.635. The topological polar surface area (TPSA) is 124 Å². The van der Waals surface area contributed by atoms with Gasteiger partial charge in [-0.1, -0.05) is 5.21 Å². The van der Waals surface area contributed by atoms with E-state index in [1.165, 1.54) is 4.90 Å². The van der Waals surface area contributed by atoms with Gasteiger partial charge in [0, 0.05) is 6.54 Å². The molecule has 2 heterocycles. The summed E-state index contributed by atoms with van der Waals surface area (Å²) in [6.07, 6.45) is 2.06. The summed E-state index contributed by atoms with van der Waals surface area (Å²) < 4.78 is 0. The number of carbonyl (C=O) groups is 2. The number of piperidine rings is 1. The number of aromatic nitrogens is 4. The van der Waals surface area contributed by atoms with Crippen LogP contribution in [0.1, 0.15) is 32.0 Å². The maximum Gasteiger partial charge on any atom is 0.329 e. The fraction of sp³-hybridized carbons (Fsp3) is 0.700. The SMILES string of the molecule is CC1(C(=O)O)CCCCN1C(=O)NCc1nn[nH]n1. The Bertz CT molecular complexity index is 462. The summed E-state index contributed by atoms with van der Waals surface area (Å²) in [5, 5.41) is 25.0. The summed E-state index contributed by atoms with van der Waals surface area (Å²) in [6.45, 7) is 2.12. The molecule has 9 nitrogen and oxygen atoms in total. The number of carboxylic acids is 1. The number of nitrogens with one attached hydrogen (secondary N) is 2. The van der Waals surface area contributed by atoms with Crippen molar-refractivity contribution in [1.29, 1.82) is 0 Å². The van der Waals surface area contributed by atoms with E-state index in [1.807, 2.05) is 0 Å². The Morgan fingerprint density at radius 3 is 2.95 bits per heavy atom. The van der Waals surface area contributed by atoms with Gasteiger partial charge < -0.3 is 15.3 Å². The van der Waals surface area contributed by atoms with E-state index in [2.05, 4.69) is 25.9 Å². The van der Waals surface area contributed by atoms with Gasteiger partial charge in [0.25, 0.3) is 0 Å². The minimum atomic E-state index is -1.15. The number of likely N-dealkylation sites (tertiary alicyclic amines) is 1. The molecule has 0 saturated carbocycles. The number of urea groups is 1. The zero-order valence-electron chi connectivity index (χ0n) is 10.6. The van der Waals surface area contributed by atoms with E-state index in [0.29, 0.717) is 18.8 Å². The molecule has 1 fully saturated rings. The van der Waals surface area contributed by atoms with E-state index in [-0.39, 0.29) is 6.54 Å². The van der Waals surface area contributed by atoms with Crippen LogP contribution in [0.3, 0.4) is 0 Å². The predicted molar refractivity (Wildman–Crippen MR) is 63.0 cm³/mol. The van der Waals surface area contributed by atoms with Crippen LogP contribution in [-0.2, 0) is 11.3 Å². The Morgan fingerprint density at radius 1 is 1.53 bits per heavy atom. The molecule has 104 valence electrons. The van der Waals surface area contributed by atoms with Crippen molar-refractivity contribution in [1.82, 2.24) is 30.8 Å². The highest BCUT2D eigenvalue weighted by Gasteiger charge is 2.43. The number of tetrazole rings is 1. The van der Waals surface area contributed by atoms with E-state index < -0.39 is 17.5 Å². The third-order valence-electron chi connectivity index (χ3n) is 3.38. The maximum absolute atomic E-state index is 12.1. The average molecular weight is 268 g/mol. The van der Waals surface area contributed by atoms with Crippen LogP contribution < -0.4 is 5.32 Å². The van der Waals surface area contributed by atoms with Crippen LogP contribution in [0, 0.1) is 0 Å². The van der Waals surface area contributed by atoms with Crippen molar-refractivity contribution in [2.75, 3.05) is 6.54 Å². The van der Waals surface area contributed by atoms with Gasteiger partial charge in [0.15, 0.2) is 5.82 Å². The van der Waals surface area contributed by atoms with Crippen LogP contribution in [-0.4, -0.2) is 54.7 Å². The fourth-order valence-electron chi connectivity index (χ4n) is 2.18. The normalized spacial score (nSPS) is 23.1. The van der Waals surface area contributed by atoms with Gasteiger partial charge in [-0.05, 0) is 26.2 Å². The third-order valence-corrected chi connectivity index (χ3v) is 3.38. The summed E-state index contributed by atoms with van der Waals surface area (Å²) in [5.41, 5.74) is -1.15. The quantitative estimate of drug-likeness (QED) is 0.693. The van der Waals surface area contributed by atoms with Crippen molar-refractivity contribution in [3.63, 3.8) is 0 Å². The van der Waals surface area contributed by atoms with Gasteiger partial charge in [-0.3, -0.25) is 0 Å². The molecule has 1 atom stereocenters. The highest BCUT2D eigenvalue weighted by molar-refractivity contribution is 5.86. The van der Waals surface area contributed by atoms with E-state index in [1.54, 1.807) is 6.92 Å². The lowest BCUT2D eigenvalue weighted by atomic mass is 9.89. The molecule has 1 aromatic heterocycles. The van der Waals surface area contributed by atoms with E-state index >= 15 is 0 Å². The molecule has 0 bridgehead atoms. The number of carbonyl (C=O) groups excluding carboxylic acids is 1. The number of H-pyrrole nitrogens is 1. The molecular formula is C10H16N6O3. The minimum absolute atomic E-state index is 0.113. The fourth-order valence-corrected chi connectivity index (χ4v) is 2.18. The van der Waals surface area contributed by atoms with Crippen molar-refractivity contribution in [2.45, 2.75) is 38.3 Å². The molecule has 1 aliphatic rings. The molecule has 2 amide bonds. The number of carboxylic acid groups (broad SMARTS) is 1. The van der Waals surface area contributed by atoms with Crippen LogP contribution >= 0.6 is 0 Å². The zero-order chi connectivity index (χ0) is 13.9. The lowest BCUT2D eigenvalue weighted by Gasteiger charge is -2.41.